The summed E-state index contributed by atoms with van der Waals surface area (Å²) in [4.78, 5) is 23.9. The topological polar surface area (TPSA) is 112 Å². The van der Waals surface area contributed by atoms with E-state index in [0.29, 0.717) is 11.2 Å². The number of fused-ring (bicyclic) bond motifs is 1. The predicted molar refractivity (Wildman–Crippen MR) is 42.3 cm³/mol. The smallest absolute Gasteiger partial charge is 0.278 e. The van der Waals surface area contributed by atoms with Gasteiger partial charge in [0.1, 0.15) is 0 Å². The second kappa shape index (κ2) is 2.31. The van der Waals surface area contributed by atoms with Gasteiger partial charge in [-0.2, -0.15) is 4.98 Å². The normalized spacial score (nSPS) is 10.4. The highest BCUT2D eigenvalue weighted by Gasteiger charge is 2.03. The van der Waals surface area contributed by atoms with Crippen molar-refractivity contribution in [3.63, 3.8) is 0 Å². The third-order valence-corrected chi connectivity index (χ3v) is 1.43. The Hall–Kier alpha value is -1.89. The van der Waals surface area contributed by atoms with Crippen molar-refractivity contribution in [2.75, 3.05) is 5.43 Å². The quantitative estimate of drug-likeness (QED) is 0.318. The molecule has 0 unspecified atom stereocenters. The molecule has 7 heteroatoms. The minimum Gasteiger partial charge on any atom is -0.339 e. The van der Waals surface area contributed by atoms with Crippen molar-refractivity contribution in [2.45, 2.75) is 0 Å². The molecule has 0 bridgehead atoms. The SMILES string of the molecule is NNc1nc2nc[nH]c2c(=O)[nH]1. The summed E-state index contributed by atoms with van der Waals surface area (Å²) in [5.74, 6) is 5.25. The van der Waals surface area contributed by atoms with E-state index >= 15 is 0 Å². The Bertz CT molecular complexity index is 456. The number of aromatic amines is 2. The molecule has 2 aromatic rings. The van der Waals surface area contributed by atoms with Crippen molar-refractivity contribution in [1.82, 2.24) is 19.9 Å². The van der Waals surface area contributed by atoms with Gasteiger partial charge in [-0.1, -0.05) is 0 Å². The number of anilines is 1. The van der Waals surface area contributed by atoms with Gasteiger partial charge in [0.05, 0.1) is 6.33 Å². The summed E-state index contributed by atoms with van der Waals surface area (Å²) in [7, 11) is 0. The number of hydrogen-bond acceptors (Lipinski definition) is 5. The Labute approximate surface area is 66.0 Å². The molecule has 62 valence electrons. The number of imidazole rings is 1. The van der Waals surface area contributed by atoms with Gasteiger partial charge < -0.3 is 4.98 Å². The number of rotatable bonds is 1. The molecule has 0 aromatic carbocycles. The summed E-state index contributed by atoms with van der Waals surface area (Å²) < 4.78 is 0. The molecule has 0 atom stereocenters. The van der Waals surface area contributed by atoms with Crippen molar-refractivity contribution in [3.05, 3.63) is 16.7 Å². The standard InChI is InChI=1S/C5H6N6O/c6-11-5-9-3-2(4(12)10-5)7-1-8-3/h1H,6H2,(H3,7,8,9,10,11,12). The fourth-order valence-electron chi connectivity index (χ4n) is 0.911. The minimum atomic E-state index is -0.301. The maximum absolute atomic E-state index is 11.2. The molecular formula is C5H6N6O. The Balaban J connectivity index is 2.84. The van der Waals surface area contributed by atoms with Crippen molar-refractivity contribution in [2.24, 2.45) is 5.84 Å². The average Bonchev–Trinajstić information content (AvgIpc) is 2.52. The molecule has 0 radical (unpaired) electrons. The Morgan fingerprint density at radius 1 is 1.58 bits per heavy atom. The van der Waals surface area contributed by atoms with Crippen LogP contribution in [0.4, 0.5) is 5.95 Å². The lowest BCUT2D eigenvalue weighted by molar-refractivity contribution is 1.11. The molecule has 0 spiro atoms. The van der Waals surface area contributed by atoms with Crippen LogP contribution in [0.15, 0.2) is 11.1 Å². The first kappa shape index (κ1) is 6.80. The van der Waals surface area contributed by atoms with Crippen molar-refractivity contribution in [3.8, 4) is 0 Å². The maximum Gasteiger partial charge on any atom is 0.278 e. The highest BCUT2D eigenvalue weighted by Crippen LogP contribution is 2.00. The van der Waals surface area contributed by atoms with E-state index in [1.807, 2.05) is 0 Å². The lowest BCUT2D eigenvalue weighted by Crippen LogP contribution is -2.16. The first-order valence-corrected chi connectivity index (χ1v) is 3.21. The van der Waals surface area contributed by atoms with Gasteiger partial charge in [-0.15, -0.1) is 0 Å². The summed E-state index contributed by atoms with van der Waals surface area (Å²) in [6, 6.07) is 0. The van der Waals surface area contributed by atoms with Gasteiger partial charge in [0.25, 0.3) is 5.56 Å². The zero-order chi connectivity index (χ0) is 8.55. The first-order valence-electron chi connectivity index (χ1n) is 3.21. The van der Waals surface area contributed by atoms with Crippen LogP contribution in [0.5, 0.6) is 0 Å². The number of nitrogens with zero attached hydrogens (tertiary/aromatic N) is 2. The lowest BCUT2D eigenvalue weighted by Gasteiger charge is -1.95. The van der Waals surface area contributed by atoms with Gasteiger partial charge >= 0.3 is 0 Å². The van der Waals surface area contributed by atoms with Gasteiger partial charge in [0, 0.05) is 0 Å². The maximum atomic E-state index is 11.2. The Kier molecular flexibility index (Phi) is 1.31. The van der Waals surface area contributed by atoms with Crippen LogP contribution < -0.4 is 16.8 Å². The van der Waals surface area contributed by atoms with E-state index in [9.17, 15) is 4.79 Å². The largest absolute Gasteiger partial charge is 0.339 e. The van der Waals surface area contributed by atoms with E-state index in [2.05, 4.69) is 25.4 Å². The molecule has 0 aliphatic carbocycles. The number of aromatic nitrogens is 4. The molecule has 2 heterocycles. The molecule has 0 aliphatic heterocycles. The molecule has 2 rings (SSSR count). The van der Waals surface area contributed by atoms with Crippen LogP contribution in [0.3, 0.4) is 0 Å². The molecule has 0 amide bonds. The van der Waals surface area contributed by atoms with Crippen LogP contribution in [-0.2, 0) is 0 Å². The second-order valence-electron chi connectivity index (χ2n) is 2.16. The summed E-state index contributed by atoms with van der Waals surface area (Å²) in [6.45, 7) is 0. The van der Waals surface area contributed by atoms with Crippen LogP contribution >= 0.6 is 0 Å². The summed E-state index contributed by atoms with van der Waals surface area (Å²) in [6.07, 6.45) is 1.40. The fourth-order valence-corrected chi connectivity index (χ4v) is 0.911. The van der Waals surface area contributed by atoms with E-state index < -0.39 is 0 Å². The Morgan fingerprint density at radius 3 is 3.17 bits per heavy atom. The van der Waals surface area contributed by atoms with E-state index in [1.54, 1.807) is 0 Å². The van der Waals surface area contributed by atoms with Crippen molar-refractivity contribution >= 4 is 17.1 Å². The lowest BCUT2D eigenvalue weighted by atomic mass is 10.5. The first-order chi connectivity index (χ1) is 5.81. The third-order valence-electron chi connectivity index (χ3n) is 1.43. The Morgan fingerprint density at radius 2 is 2.42 bits per heavy atom. The molecule has 0 fully saturated rings. The van der Waals surface area contributed by atoms with E-state index in [0.717, 1.165) is 0 Å². The van der Waals surface area contributed by atoms with Crippen LogP contribution in [0.2, 0.25) is 0 Å². The van der Waals surface area contributed by atoms with Crippen molar-refractivity contribution in [1.29, 1.82) is 0 Å². The number of hydrazine groups is 1. The molecule has 0 saturated carbocycles. The highest BCUT2D eigenvalue weighted by molar-refractivity contribution is 5.69. The number of nitrogens with two attached hydrogens (primary N) is 1. The predicted octanol–water partition coefficient (Wildman–Crippen LogP) is -1.07. The van der Waals surface area contributed by atoms with E-state index in [4.69, 9.17) is 5.84 Å². The van der Waals surface area contributed by atoms with Crippen LogP contribution in [-0.4, -0.2) is 19.9 Å². The monoisotopic (exact) mass is 166 g/mol. The molecule has 5 N–H and O–H groups in total. The fraction of sp³-hybridized carbons (Fsp3) is 0. The summed E-state index contributed by atoms with van der Waals surface area (Å²) >= 11 is 0. The van der Waals surface area contributed by atoms with Gasteiger partial charge in [-0.3, -0.25) is 15.2 Å². The molecular weight excluding hydrogens is 160 g/mol. The number of H-pyrrole nitrogens is 2. The molecule has 2 aromatic heterocycles. The van der Waals surface area contributed by atoms with Crippen molar-refractivity contribution < 1.29 is 0 Å². The van der Waals surface area contributed by atoms with E-state index in [1.165, 1.54) is 6.33 Å². The molecule has 7 nitrogen and oxygen atoms in total. The zero-order valence-corrected chi connectivity index (χ0v) is 5.96. The second-order valence-corrected chi connectivity index (χ2v) is 2.16. The number of nitrogens with one attached hydrogen (secondary N) is 3. The van der Waals surface area contributed by atoms with Gasteiger partial charge in [0.2, 0.25) is 5.95 Å². The van der Waals surface area contributed by atoms with Gasteiger partial charge in [0.15, 0.2) is 11.2 Å². The van der Waals surface area contributed by atoms with Crippen LogP contribution in [0.1, 0.15) is 0 Å². The average molecular weight is 166 g/mol. The minimum absolute atomic E-state index is 0.194. The highest BCUT2D eigenvalue weighted by atomic mass is 16.1. The van der Waals surface area contributed by atoms with Crippen LogP contribution in [0.25, 0.3) is 11.2 Å². The molecule has 0 saturated heterocycles. The molecule has 0 aliphatic rings. The zero-order valence-electron chi connectivity index (χ0n) is 5.96. The number of nitrogen functional groups attached to an aromatic ring is 1. The van der Waals surface area contributed by atoms with E-state index in [-0.39, 0.29) is 11.5 Å². The molecule has 12 heavy (non-hydrogen) atoms. The van der Waals surface area contributed by atoms with Gasteiger partial charge in [-0.25, -0.2) is 10.8 Å². The third kappa shape index (κ3) is 0.839. The number of hydrogen-bond donors (Lipinski definition) is 4. The van der Waals surface area contributed by atoms with Crippen LogP contribution in [0, 0.1) is 0 Å². The summed E-state index contributed by atoms with van der Waals surface area (Å²) in [5.41, 5.74) is 2.61. The van der Waals surface area contributed by atoms with Gasteiger partial charge in [-0.05, 0) is 0 Å². The summed E-state index contributed by atoms with van der Waals surface area (Å²) in [5, 5.41) is 0.